The normalized spacial score (nSPS) is 12.1. The SMILES string of the molecule is CN(C/C=C/C(=O)O)CCOCCOCCNS(=O)(=O)c1ccc(N)cc1. The predicted molar refractivity (Wildman–Crippen MR) is 102 cm³/mol. The molecule has 0 saturated heterocycles. The maximum Gasteiger partial charge on any atom is 0.328 e. The van der Waals surface area contributed by atoms with Crippen molar-refractivity contribution < 1.29 is 27.8 Å². The molecular weight excluding hydrogens is 374 g/mol. The van der Waals surface area contributed by atoms with Crippen LogP contribution in [0.1, 0.15) is 0 Å². The number of nitrogens with two attached hydrogens (primary N) is 1. The van der Waals surface area contributed by atoms with Crippen LogP contribution >= 0.6 is 0 Å². The highest BCUT2D eigenvalue weighted by atomic mass is 32.2. The third-order valence-electron chi connectivity index (χ3n) is 3.40. The van der Waals surface area contributed by atoms with Crippen molar-refractivity contribution >= 4 is 21.7 Å². The Balaban J connectivity index is 2.04. The lowest BCUT2D eigenvalue weighted by Crippen LogP contribution is -2.28. The molecule has 152 valence electrons. The number of hydrogen-bond acceptors (Lipinski definition) is 7. The molecule has 1 aromatic rings. The summed E-state index contributed by atoms with van der Waals surface area (Å²) in [5.41, 5.74) is 6.03. The van der Waals surface area contributed by atoms with Crippen LogP contribution in [-0.4, -0.2) is 77.5 Å². The number of aliphatic carboxylic acids is 1. The predicted octanol–water partition coefficient (Wildman–Crippen LogP) is 0.153. The summed E-state index contributed by atoms with van der Waals surface area (Å²) >= 11 is 0. The summed E-state index contributed by atoms with van der Waals surface area (Å²) in [4.78, 5) is 12.4. The summed E-state index contributed by atoms with van der Waals surface area (Å²) in [6.45, 7) is 2.81. The molecule has 0 unspecified atom stereocenters. The van der Waals surface area contributed by atoms with Gasteiger partial charge in [-0.25, -0.2) is 17.9 Å². The number of ether oxygens (including phenoxy) is 2. The molecule has 4 N–H and O–H groups in total. The van der Waals surface area contributed by atoms with Crippen molar-refractivity contribution in [1.29, 1.82) is 0 Å². The van der Waals surface area contributed by atoms with Gasteiger partial charge in [-0.2, -0.15) is 0 Å². The molecule has 0 fully saturated rings. The van der Waals surface area contributed by atoms with Crippen LogP contribution in [0.15, 0.2) is 41.3 Å². The second-order valence-electron chi connectivity index (χ2n) is 5.69. The van der Waals surface area contributed by atoms with E-state index in [4.69, 9.17) is 20.3 Å². The molecule has 0 atom stereocenters. The number of carboxylic acids is 1. The Hall–Kier alpha value is -1.98. The zero-order valence-electron chi connectivity index (χ0n) is 15.3. The first kappa shape index (κ1) is 23.1. The van der Waals surface area contributed by atoms with Crippen molar-refractivity contribution in [2.45, 2.75) is 4.90 Å². The van der Waals surface area contributed by atoms with Gasteiger partial charge in [0.05, 0.1) is 31.3 Å². The highest BCUT2D eigenvalue weighted by Gasteiger charge is 2.12. The van der Waals surface area contributed by atoms with Crippen LogP contribution in [-0.2, 0) is 24.3 Å². The number of nitrogens with one attached hydrogen (secondary N) is 1. The van der Waals surface area contributed by atoms with E-state index in [0.717, 1.165) is 6.08 Å². The quantitative estimate of drug-likeness (QED) is 0.228. The molecule has 0 amide bonds. The van der Waals surface area contributed by atoms with Crippen molar-refractivity contribution in [3.05, 3.63) is 36.4 Å². The molecule has 1 aromatic carbocycles. The Morgan fingerprint density at radius 3 is 2.44 bits per heavy atom. The van der Waals surface area contributed by atoms with E-state index in [-0.39, 0.29) is 18.0 Å². The number of rotatable bonds is 14. The molecule has 0 aromatic heterocycles. The van der Waals surface area contributed by atoms with Crippen LogP contribution < -0.4 is 10.5 Å². The Morgan fingerprint density at radius 2 is 1.81 bits per heavy atom. The maximum atomic E-state index is 12.0. The molecule has 0 heterocycles. The molecule has 0 aliphatic rings. The fourth-order valence-corrected chi connectivity index (χ4v) is 2.96. The van der Waals surface area contributed by atoms with Gasteiger partial charge in [-0.3, -0.25) is 0 Å². The number of carboxylic acid groups (broad SMARTS) is 1. The minimum absolute atomic E-state index is 0.155. The van der Waals surface area contributed by atoms with Gasteiger partial charge in [0.25, 0.3) is 0 Å². The fourth-order valence-electron chi connectivity index (χ4n) is 1.95. The van der Waals surface area contributed by atoms with Gasteiger partial charge in [0.15, 0.2) is 0 Å². The molecule has 0 bridgehead atoms. The summed E-state index contributed by atoms with van der Waals surface area (Å²) in [7, 11) is -1.71. The smallest absolute Gasteiger partial charge is 0.328 e. The third-order valence-corrected chi connectivity index (χ3v) is 4.87. The first-order valence-corrected chi connectivity index (χ1v) is 9.88. The Kier molecular flexibility index (Phi) is 10.6. The van der Waals surface area contributed by atoms with E-state index in [2.05, 4.69) is 4.72 Å². The summed E-state index contributed by atoms with van der Waals surface area (Å²) in [5.74, 6) is -0.965. The molecule has 0 radical (unpaired) electrons. The van der Waals surface area contributed by atoms with E-state index in [1.807, 2.05) is 11.9 Å². The summed E-state index contributed by atoms with van der Waals surface area (Å²) in [6.07, 6.45) is 2.67. The van der Waals surface area contributed by atoms with Gasteiger partial charge in [-0.05, 0) is 31.3 Å². The van der Waals surface area contributed by atoms with E-state index in [1.54, 1.807) is 6.08 Å². The van der Waals surface area contributed by atoms with Crippen molar-refractivity contribution in [2.24, 2.45) is 0 Å². The van der Waals surface area contributed by atoms with E-state index in [1.165, 1.54) is 24.3 Å². The molecular formula is C17H27N3O6S. The molecule has 0 aliphatic carbocycles. The van der Waals surface area contributed by atoms with Gasteiger partial charge in [-0.1, -0.05) is 6.08 Å². The third kappa shape index (κ3) is 10.7. The Morgan fingerprint density at radius 1 is 1.19 bits per heavy atom. The van der Waals surface area contributed by atoms with Crippen molar-refractivity contribution in [1.82, 2.24) is 9.62 Å². The Bertz CT molecular complexity index is 691. The number of anilines is 1. The summed E-state index contributed by atoms with van der Waals surface area (Å²) in [6, 6.07) is 5.95. The molecule has 27 heavy (non-hydrogen) atoms. The van der Waals surface area contributed by atoms with Gasteiger partial charge in [-0.15, -0.1) is 0 Å². The monoisotopic (exact) mass is 401 g/mol. The zero-order chi connectivity index (χ0) is 20.1. The number of benzene rings is 1. The molecule has 0 aliphatic heterocycles. The van der Waals surface area contributed by atoms with Crippen LogP contribution in [0.25, 0.3) is 0 Å². The van der Waals surface area contributed by atoms with Crippen LogP contribution in [0.4, 0.5) is 5.69 Å². The van der Waals surface area contributed by atoms with E-state index in [0.29, 0.717) is 38.6 Å². The first-order chi connectivity index (χ1) is 12.8. The molecule has 9 nitrogen and oxygen atoms in total. The molecule has 0 saturated carbocycles. The molecule has 0 spiro atoms. The van der Waals surface area contributed by atoms with Gasteiger partial charge in [0.2, 0.25) is 10.0 Å². The van der Waals surface area contributed by atoms with Crippen LogP contribution in [0.3, 0.4) is 0 Å². The average Bonchev–Trinajstić information content (AvgIpc) is 2.60. The standard InChI is InChI=1S/C17H27N3O6S/c1-20(9-2-3-17(21)22)10-12-26-14-13-25-11-8-19-27(23,24)16-6-4-15(18)5-7-16/h2-7,19H,8-14,18H2,1H3,(H,21,22)/b3-2+. The maximum absolute atomic E-state index is 12.0. The molecule has 10 heteroatoms. The lowest BCUT2D eigenvalue weighted by molar-refractivity contribution is -0.131. The molecule has 1 rings (SSSR count). The minimum atomic E-state index is -3.57. The number of likely N-dealkylation sites (N-methyl/N-ethyl adjacent to an activating group) is 1. The first-order valence-electron chi connectivity index (χ1n) is 8.40. The van der Waals surface area contributed by atoms with Gasteiger partial charge in [0.1, 0.15) is 0 Å². The lowest BCUT2D eigenvalue weighted by atomic mass is 10.3. The summed E-state index contributed by atoms with van der Waals surface area (Å²) in [5, 5.41) is 8.49. The highest BCUT2D eigenvalue weighted by Crippen LogP contribution is 2.10. The van der Waals surface area contributed by atoms with Crippen LogP contribution in [0, 0.1) is 0 Å². The zero-order valence-corrected chi connectivity index (χ0v) is 16.2. The number of hydrogen-bond donors (Lipinski definition) is 3. The highest BCUT2D eigenvalue weighted by molar-refractivity contribution is 7.89. The van der Waals surface area contributed by atoms with Crippen molar-refractivity contribution in [2.75, 3.05) is 58.8 Å². The topological polar surface area (TPSA) is 131 Å². The van der Waals surface area contributed by atoms with Gasteiger partial charge in [0, 0.05) is 31.4 Å². The Labute approximate surface area is 159 Å². The summed E-state index contributed by atoms with van der Waals surface area (Å²) < 4.78 is 37.2. The second kappa shape index (κ2) is 12.4. The number of nitrogen functional groups attached to an aromatic ring is 1. The van der Waals surface area contributed by atoms with Gasteiger partial charge >= 0.3 is 5.97 Å². The fraction of sp³-hybridized carbons (Fsp3) is 0.471. The van der Waals surface area contributed by atoms with E-state index >= 15 is 0 Å². The lowest BCUT2D eigenvalue weighted by Gasteiger charge is -2.14. The number of sulfonamides is 1. The van der Waals surface area contributed by atoms with E-state index in [9.17, 15) is 13.2 Å². The second-order valence-corrected chi connectivity index (χ2v) is 7.46. The largest absolute Gasteiger partial charge is 0.478 e. The van der Waals surface area contributed by atoms with Gasteiger partial charge < -0.3 is 25.2 Å². The average molecular weight is 401 g/mol. The minimum Gasteiger partial charge on any atom is -0.478 e. The van der Waals surface area contributed by atoms with Crippen LogP contribution in [0.5, 0.6) is 0 Å². The number of nitrogens with zero attached hydrogens (tertiary/aromatic N) is 1. The van der Waals surface area contributed by atoms with Crippen molar-refractivity contribution in [3.8, 4) is 0 Å². The van der Waals surface area contributed by atoms with E-state index < -0.39 is 16.0 Å². The van der Waals surface area contributed by atoms with Crippen molar-refractivity contribution in [3.63, 3.8) is 0 Å². The number of carbonyl (C=O) groups is 1. The van der Waals surface area contributed by atoms with Crippen LogP contribution in [0.2, 0.25) is 0 Å².